The van der Waals surface area contributed by atoms with Gasteiger partial charge < -0.3 is 9.64 Å². The number of anilines is 1. The Balaban J connectivity index is 1.81. The van der Waals surface area contributed by atoms with Gasteiger partial charge in [-0.1, -0.05) is 6.08 Å². The first-order valence-corrected chi connectivity index (χ1v) is 8.21. The standard InChI is InChI=1S/C18H22N4O2/c1-3-10-22-17(13-24-14(2)23)19-18(20-22)15-6-8-16(9-7-15)21-11-4-5-12-21/h3,6-9H,1,4-5,10-13H2,2H3. The van der Waals surface area contributed by atoms with E-state index >= 15 is 0 Å². The average molecular weight is 326 g/mol. The van der Waals surface area contributed by atoms with Crippen LogP contribution >= 0.6 is 0 Å². The van der Waals surface area contributed by atoms with Crippen molar-refractivity contribution < 1.29 is 9.53 Å². The summed E-state index contributed by atoms with van der Waals surface area (Å²) in [7, 11) is 0. The lowest BCUT2D eigenvalue weighted by Gasteiger charge is -2.17. The third kappa shape index (κ3) is 3.64. The highest BCUT2D eigenvalue weighted by Crippen LogP contribution is 2.24. The molecule has 3 rings (SSSR count). The van der Waals surface area contributed by atoms with Gasteiger partial charge in [0, 0.05) is 31.3 Å². The molecule has 1 aromatic heterocycles. The van der Waals surface area contributed by atoms with Crippen molar-refractivity contribution in [1.82, 2.24) is 14.8 Å². The van der Waals surface area contributed by atoms with E-state index in [9.17, 15) is 4.79 Å². The summed E-state index contributed by atoms with van der Waals surface area (Å²) in [5, 5.41) is 4.50. The Hall–Kier alpha value is -2.63. The first-order chi connectivity index (χ1) is 11.7. The Morgan fingerprint density at radius 1 is 1.29 bits per heavy atom. The van der Waals surface area contributed by atoms with Crippen molar-refractivity contribution in [2.75, 3.05) is 18.0 Å². The number of allylic oxidation sites excluding steroid dienone is 1. The number of ether oxygens (including phenoxy) is 1. The van der Waals surface area contributed by atoms with E-state index in [2.05, 4.69) is 33.7 Å². The molecule has 0 unspecified atom stereocenters. The van der Waals surface area contributed by atoms with Gasteiger partial charge in [-0.05, 0) is 37.1 Å². The summed E-state index contributed by atoms with van der Waals surface area (Å²) >= 11 is 0. The molecule has 1 aliphatic rings. The quantitative estimate of drug-likeness (QED) is 0.603. The predicted octanol–water partition coefficient (Wildman–Crippen LogP) is 2.79. The van der Waals surface area contributed by atoms with E-state index < -0.39 is 0 Å². The van der Waals surface area contributed by atoms with Crippen LogP contribution in [0.3, 0.4) is 0 Å². The Bertz CT molecular complexity index is 715. The largest absolute Gasteiger partial charge is 0.458 e. The Morgan fingerprint density at radius 2 is 2.00 bits per heavy atom. The molecular formula is C18H22N4O2. The summed E-state index contributed by atoms with van der Waals surface area (Å²) < 4.78 is 6.76. The molecule has 1 aromatic carbocycles. The molecule has 1 fully saturated rings. The van der Waals surface area contributed by atoms with Gasteiger partial charge in [0.25, 0.3) is 0 Å². The van der Waals surface area contributed by atoms with Crippen molar-refractivity contribution in [3.63, 3.8) is 0 Å². The van der Waals surface area contributed by atoms with Crippen molar-refractivity contribution >= 4 is 11.7 Å². The maximum Gasteiger partial charge on any atom is 0.303 e. The number of esters is 1. The number of benzene rings is 1. The molecule has 2 aromatic rings. The molecule has 1 aliphatic heterocycles. The van der Waals surface area contributed by atoms with Gasteiger partial charge in [-0.15, -0.1) is 6.58 Å². The summed E-state index contributed by atoms with van der Waals surface area (Å²) in [6.07, 6.45) is 4.26. The molecule has 126 valence electrons. The maximum absolute atomic E-state index is 11.0. The molecule has 0 aliphatic carbocycles. The summed E-state index contributed by atoms with van der Waals surface area (Å²) in [5.74, 6) is 0.912. The lowest BCUT2D eigenvalue weighted by atomic mass is 10.2. The summed E-state index contributed by atoms with van der Waals surface area (Å²) in [6, 6.07) is 8.30. The summed E-state index contributed by atoms with van der Waals surface area (Å²) in [6.45, 7) is 7.99. The second-order valence-corrected chi connectivity index (χ2v) is 5.84. The van der Waals surface area contributed by atoms with Crippen molar-refractivity contribution in [3.05, 3.63) is 42.7 Å². The molecular weight excluding hydrogens is 304 g/mol. The number of aromatic nitrogens is 3. The maximum atomic E-state index is 11.0. The van der Waals surface area contributed by atoms with E-state index in [4.69, 9.17) is 4.74 Å². The van der Waals surface area contributed by atoms with E-state index in [1.807, 2.05) is 12.1 Å². The number of carbonyl (C=O) groups is 1. The SMILES string of the molecule is C=CCn1nc(-c2ccc(N3CCCC3)cc2)nc1COC(C)=O. The molecule has 0 bridgehead atoms. The van der Waals surface area contributed by atoms with Gasteiger partial charge in [-0.3, -0.25) is 4.79 Å². The molecule has 0 amide bonds. The van der Waals surface area contributed by atoms with Gasteiger partial charge >= 0.3 is 5.97 Å². The van der Waals surface area contributed by atoms with Crippen LogP contribution in [0.1, 0.15) is 25.6 Å². The van der Waals surface area contributed by atoms with Crippen molar-refractivity contribution in [2.24, 2.45) is 0 Å². The fourth-order valence-electron chi connectivity index (χ4n) is 2.83. The zero-order valence-electron chi connectivity index (χ0n) is 13.9. The molecule has 24 heavy (non-hydrogen) atoms. The van der Waals surface area contributed by atoms with Crippen LogP contribution in [0.4, 0.5) is 5.69 Å². The smallest absolute Gasteiger partial charge is 0.303 e. The van der Waals surface area contributed by atoms with Crippen LogP contribution in [-0.4, -0.2) is 33.8 Å². The normalized spacial score (nSPS) is 14.0. The van der Waals surface area contributed by atoms with E-state index in [0.29, 0.717) is 18.2 Å². The number of carbonyl (C=O) groups excluding carboxylic acids is 1. The Labute approximate surface area is 141 Å². The topological polar surface area (TPSA) is 60.3 Å². The Morgan fingerprint density at radius 3 is 2.62 bits per heavy atom. The third-order valence-corrected chi connectivity index (χ3v) is 4.05. The van der Waals surface area contributed by atoms with Crippen LogP contribution in [0, 0.1) is 0 Å². The Kier molecular flexibility index (Phi) is 4.93. The molecule has 2 heterocycles. The van der Waals surface area contributed by atoms with Gasteiger partial charge in [-0.25, -0.2) is 9.67 Å². The monoisotopic (exact) mass is 326 g/mol. The first kappa shape index (κ1) is 16.2. The summed E-state index contributed by atoms with van der Waals surface area (Å²) in [4.78, 5) is 17.9. The number of hydrogen-bond acceptors (Lipinski definition) is 5. The summed E-state index contributed by atoms with van der Waals surface area (Å²) in [5.41, 5.74) is 2.19. The van der Waals surface area contributed by atoms with Crippen LogP contribution in [0.25, 0.3) is 11.4 Å². The van der Waals surface area contributed by atoms with Crippen LogP contribution in [0.15, 0.2) is 36.9 Å². The van der Waals surface area contributed by atoms with Crippen molar-refractivity contribution in [3.8, 4) is 11.4 Å². The van der Waals surface area contributed by atoms with Gasteiger partial charge in [0.2, 0.25) is 0 Å². The van der Waals surface area contributed by atoms with E-state index in [1.165, 1.54) is 25.5 Å². The molecule has 0 radical (unpaired) electrons. The highest BCUT2D eigenvalue weighted by atomic mass is 16.5. The van der Waals surface area contributed by atoms with Gasteiger partial charge in [0.1, 0.15) is 0 Å². The minimum absolute atomic E-state index is 0.113. The van der Waals surface area contributed by atoms with Crippen molar-refractivity contribution in [2.45, 2.75) is 32.9 Å². The molecule has 0 spiro atoms. The molecule has 0 atom stereocenters. The van der Waals surface area contributed by atoms with Crippen LogP contribution in [0.2, 0.25) is 0 Å². The second kappa shape index (κ2) is 7.29. The third-order valence-electron chi connectivity index (χ3n) is 4.05. The number of nitrogens with zero attached hydrogens (tertiary/aromatic N) is 4. The molecule has 6 nitrogen and oxygen atoms in total. The highest BCUT2D eigenvalue weighted by molar-refractivity contribution is 5.66. The fraction of sp³-hybridized carbons (Fsp3) is 0.389. The predicted molar refractivity (Wildman–Crippen MR) is 92.6 cm³/mol. The number of rotatable bonds is 6. The minimum Gasteiger partial charge on any atom is -0.458 e. The van der Waals surface area contributed by atoms with Gasteiger partial charge in [0.15, 0.2) is 18.3 Å². The highest BCUT2D eigenvalue weighted by Gasteiger charge is 2.14. The van der Waals surface area contributed by atoms with Gasteiger partial charge in [0.05, 0.1) is 6.54 Å². The first-order valence-electron chi connectivity index (χ1n) is 8.21. The van der Waals surface area contributed by atoms with E-state index in [0.717, 1.165) is 18.7 Å². The van der Waals surface area contributed by atoms with Gasteiger partial charge in [-0.2, -0.15) is 5.10 Å². The molecule has 0 N–H and O–H groups in total. The van der Waals surface area contributed by atoms with E-state index in [1.54, 1.807) is 10.8 Å². The second-order valence-electron chi connectivity index (χ2n) is 5.84. The molecule has 6 heteroatoms. The van der Waals surface area contributed by atoms with Crippen LogP contribution in [0.5, 0.6) is 0 Å². The fourth-order valence-corrected chi connectivity index (χ4v) is 2.83. The molecule has 0 saturated carbocycles. The lowest BCUT2D eigenvalue weighted by Crippen LogP contribution is -2.17. The van der Waals surface area contributed by atoms with E-state index in [-0.39, 0.29) is 12.6 Å². The zero-order valence-corrected chi connectivity index (χ0v) is 13.9. The van der Waals surface area contributed by atoms with Crippen molar-refractivity contribution in [1.29, 1.82) is 0 Å². The average Bonchev–Trinajstić information content (AvgIpc) is 3.23. The molecule has 1 saturated heterocycles. The lowest BCUT2D eigenvalue weighted by molar-refractivity contribution is -0.142. The zero-order chi connectivity index (χ0) is 16.9. The van der Waals surface area contributed by atoms with Crippen LogP contribution in [-0.2, 0) is 22.7 Å². The van der Waals surface area contributed by atoms with Crippen LogP contribution < -0.4 is 4.90 Å². The minimum atomic E-state index is -0.334. The number of hydrogen-bond donors (Lipinski definition) is 0.